The molecule has 0 aliphatic heterocycles. The molecule has 1 aromatic carbocycles. The maximum absolute atomic E-state index is 6.02. The molecule has 0 amide bonds. The second kappa shape index (κ2) is 7.45. The van der Waals surface area contributed by atoms with Crippen molar-refractivity contribution in [2.45, 2.75) is 32.6 Å². The van der Waals surface area contributed by atoms with Crippen LogP contribution in [0.3, 0.4) is 0 Å². The Morgan fingerprint density at radius 1 is 1.33 bits per heavy atom. The number of nitrogens with zero attached hydrogens (tertiary/aromatic N) is 1. The average Bonchev–Trinajstić information content (AvgIpc) is 2.85. The quantitative estimate of drug-likeness (QED) is 0.851. The van der Waals surface area contributed by atoms with Crippen molar-refractivity contribution < 1.29 is 14.0 Å². The lowest BCUT2D eigenvalue weighted by Gasteiger charge is -2.12. The Morgan fingerprint density at radius 3 is 2.86 bits per heavy atom. The molecule has 2 N–H and O–H groups in total. The molecule has 2 aromatic rings. The van der Waals surface area contributed by atoms with Crippen LogP contribution in [0.15, 0.2) is 28.8 Å². The van der Waals surface area contributed by atoms with Crippen LogP contribution < -0.4 is 10.5 Å². The minimum absolute atomic E-state index is 0.0335. The Kier molecular flexibility index (Phi) is 5.61. The van der Waals surface area contributed by atoms with E-state index >= 15 is 0 Å². The Labute approximate surface area is 129 Å². The fourth-order valence-corrected chi connectivity index (χ4v) is 2.18. The third-order valence-corrected chi connectivity index (χ3v) is 3.07. The average molecular weight is 311 g/mol. The van der Waals surface area contributed by atoms with E-state index in [2.05, 4.69) is 5.16 Å². The highest BCUT2D eigenvalue weighted by atomic mass is 35.5. The summed E-state index contributed by atoms with van der Waals surface area (Å²) in [6.07, 6.45) is 0.698. The van der Waals surface area contributed by atoms with E-state index < -0.39 is 0 Å². The number of nitrogens with two attached hydrogens (primary N) is 1. The molecule has 114 valence electrons. The largest absolute Gasteiger partial charge is 0.487 e. The number of methoxy groups -OCH3 is 1. The van der Waals surface area contributed by atoms with Crippen LogP contribution in [0.5, 0.6) is 5.75 Å². The number of benzene rings is 1. The van der Waals surface area contributed by atoms with Crippen LogP contribution in [0.2, 0.25) is 5.02 Å². The minimum atomic E-state index is 0.0335. The van der Waals surface area contributed by atoms with Crippen LogP contribution >= 0.6 is 11.6 Å². The molecule has 0 saturated carbocycles. The molecule has 0 fully saturated rings. The van der Waals surface area contributed by atoms with E-state index in [1.54, 1.807) is 13.2 Å². The Balaban J connectivity index is 2.04. The van der Waals surface area contributed by atoms with Crippen molar-refractivity contribution >= 4 is 11.6 Å². The van der Waals surface area contributed by atoms with E-state index in [1.807, 2.05) is 25.1 Å². The molecule has 21 heavy (non-hydrogen) atoms. The first-order valence-corrected chi connectivity index (χ1v) is 7.06. The van der Waals surface area contributed by atoms with Gasteiger partial charge in [-0.3, -0.25) is 0 Å². The summed E-state index contributed by atoms with van der Waals surface area (Å²) in [5.74, 6) is 1.43. The van der Waals surface area contributed by atoms with Crippen LogP contribution in [0, 0.1) is 0 Å². The van der Waals surface area contributed by atoms with Gasteiger partial charge in [-0.05, 0) is 37.1 Å². The van der Waals surface area contributed by atoms with Crippen LogP contribution in [-0.2, 0) is 24.4 Å². The molecular formula is C15H19ClN2O3. The van der Waals surface area contributed by atoms with Crippen molar-refractivity contribution in [2.75, 3.05) is 7.11 Å². The fourth-order valence-electron chi connectivity index (χ4n) is 1.98. The first-order valence-electron chi connectivity index (χ1n) is 6.68. The van der Waals surface area contributed by atoms with Crippen molar-refractivity contribution in [3.8, 4) is 5.75 Å². The predicted octanol–water partition coefficient (Wildman–Crippen LogP) is 2.94. The molecule has 0 aliphatic carbocycles. The van der Waals surface area contributed by atoms with Crippen molar-refractivity contribution in [2.24, 2.45) is 5.73 Å². The monoisotopic (exact) mass is 310 g/mol. The lowest BCUT2D eigenvalue weighted by Crippen LogP contribution is -2.18. The lowest BCUT2D eigenvalue weighted by molar-refractivity contribution is 0.155. The minimum Gasteiger partial charge on any atom is -0.487 e. The molecule has 0 radical (unpaired) electrons. The van der Waals surface area contributed by atoms with Gasteiger partial charge in [0.25, 0.3) is 0 Å². The smallest absolute Gasteiger partial charge is 0.162 e. The molecule has 5 nitrogen and oxygen atoms in total. The van der Waals surface area contributed by atoms with Gasteiger partial charge in [0.1, 0.15) is 24.7 Å². The number of rotatable bonds is 7. The number of halogens is 1. The van der Waals surface area contributed by atoms with E-state index in [9.17, 15) is 0 Å². The highest BCUT2D eigenvalue weighted by molar-refractivity contribution is 6.30. The normalized spacial score (nSPS) is 12.4. The third-order valence-electron chi connectivity index (χ3n) is 2.83. The van der Waals surface area contributed by atoms with E-state index in [4.69, 9.17) is 31.3 Å². The van der Waals surface area contributed by atoms with Gasteiger partial charge in [-0.2, -0.15) is 0 Å². The van der Waals surface area contributed by atoms with Crippen molar-refractivity contribution in [3.05, 3.63) is 46.3 Å². The Morgan fingerprint density at radius 2 is 2.14 bits per heavy atom. The van der Waals surface area contributed by atoms with Gasteiger partial charge in [0.2, 0.25) is 0 Å². The fraction of sp³-hybridized carbons (Fsp3) is 0.400. The standard InChI is InChI=1S/C15H19ClN2O3/c1-10(17)5-11-6-12(16)3-4-15(11)20-8-13-7-14(9-19-2)21-18-13/h3-4,6-7,10H,5,8-9,17H2,1-2H3. The molecular weight excluding hydrogens is 292 g/mol. The number of aromatic nitrogens is 1. The van der Waals surface area contributed by atoms with Gasteiger partial charge in [-0.15, -0.1) is 0 Å². The first-order chi connectivity index (χ1) is 10.1. The van der Waals surface area contributed by atoms with Crippen LogP contribution in [0.1, 0.15) is 23.9 Å². The number of hydrogen-bond acceptors (Lipinski definition) is 5. The molecule has 0 saturated heterocycles. The zero-order chi connectivity index (χ0) is 15.2. The van der Waals surface area contributed by atoms with Gasteiger partial charge in [0, 0.05) is 24.2 Å². The molecule has 1 unspecified atom stereocenters. The Hall–Kier alpha value is -1.56. The van der Waals surface area contributed by atoms with Crippen molar-refractivity contribution in [1.29, 1.82) is 0 Å². The maximum atomic E-state index is 6.02. The first kappa shape index (κ1) is 15.8. The summed E-state index contributed by atoms with van der Waals surface area (Å²) in [5, 5.41) is 4.60. The van der Waals surface area contributed by atoms with E-state index in [0.717, 1.165) is 11.3 Å². The number of hydrogen-bond donors (Lipinski definition) is 1. The van der Waals surface area contributed by atoms with Crippen molar-refractivity contribution in [3.63, 3.8) is 0 Å². The van der Waals surface area contributed by atoms with Gasteiger partial charge in [-0.1, -0.05) is 16.8 Å². The molecule has 0 spiro atoms. The zero-order valence-corrected chi connectivity index (χ0v) is 12.9. The van der Waals surface area contributed by atoms with Gasteiger partial charge >= 0.3 is 0 Å². The second-order valence-electron chi connectivity index (χ2n) is 4.94. The SMILES string of the molecule is COCc1cc(COc2ccc(Cl)cc2CC(C)N)no1. The van der Waals surface area contributed by atoms with E-state index in [1.165, 1.54) is 0 Å². The highest BCUT2D eigenvalue weighted by Gasteiger charge is 2.09. The number of ether oxygens (including phenoxy) is 2. The van der Waals surface area contributed by atoms with Crippen molar-refractivity contribution in [1.82, 2.24) is 5.16 Å². The van der Waals surface area contributed by atoms with Gasteiger partial charge in [-0.25, -0.2) is 0 Å². The predicted molar refractivity (Wildman–Crippen MR) is 80.4 cm³/mol. The maximum Gasteiger partial charge on any atom is 0.162 e. The summed E-state index contributed by atoms with van der Waals surface area (Å²) in [6, 6.07) is 7.35. The third kappa shape index (κ3) is 4.74. The lowest BCUT2D eigenvalue weighted by atomic mass is 10.1. The molecule has 6 heteroatoms. The van der Waals surface area contributed by atoms with E-state index in [0.29, 0.717) is 36.1 Å². The zero-order valence-electron chi connectivity index (χ0n) is 12.1. The van der Waals surface area contributed by atoms with Gasteiger partial charge in [0.05, 0.1) is 0 Å². The summed E-state index contributed by atoms with van der Waals surface area (Å²) in [6.45, 7) is 2.66. The molecule has 1 atom stereocenters. The topological polar surface area (TPSA) is 70.5 Å². The summed E-state index contributed by atoms with van der Waals surface area (Å²) < 4.78 is 15.9. The Bertz CT molecular complexity index is 584. The summed E-state index contributed by atoms with van der Waals surface area (Å²) >= 11 is 6.02. The molecule has 1 heterocycles. The highest BCUT2D eigenvalue weighted by Crippen LogP contribution is 2.25. The van der Waals surface area contributed by atoms with Crippen LogP contribution in [0.25, 0.3) is 0 Å². The van der Waals surface area contributed by atoms with Gasteiger partial charge in [0.15, 0.2) is 5.76 Å². The van der Waals surface area contributed by atoms with Crippen LogP contribution in [0.4, 0.5) is 0 Å². The van der Waals surface area contributed by atoms with Crippen LogP contribution in [-0.4, -0.2) is 18.3 Å². The van der Waals surface area contributed by atoms with E-state index in [-0.39, 0.29) is 6.04 Å². The second-order valence-corrected chi connectivity index (χ2v) is 5.38. The van der Waals surface area contributed by atoms with Gasteiger partial charge < -0.3 is 19.7 Å². The molecule has 0 bridgehead atoms. The summed E-state index contributed by atoms with van der Waals surface area (Å²) in [5.41, 5.74) is 7.54. The molecule has 0 aliphatic rings. The molecule has 2 rings (SSSR count). The molecule has 1 aromatic heterocycles. The summed E-state index contributed by atoms with van der Waals surface area (Å²) in [7, 11) is 1.60. The summed E-state index contributed by atoms with van der Waals surface area (Å²) in [4.78, 5) is 0.